The van der Waals surface area contributed by atoms with Gasteiger partial charge in [0.2, 0.25) is 0 Å². The molecule has 2 aromatic rings. The van der Waals surface area contributed by atoms with Crippen molar-refractivity contribution in [3.63, 3.8) is 0 Å². The molecule has 6 heteroatoms. The predicted molar refractivity (Wildman–Crippen MR) is 75.2 cm³/mol. The summed E-state index contributed by atoms with van der Waals surface area (Å²) in [6.45, 7) is -0.758. The van der Waals surface area contributed by atoms with Gasteiger partial charge in [-0.1, -0.05) is 28.1 Å². The molecule has 1 heterocycles. The highest BCUT2D eigenvalue weighted by Crippen LogP contribution is 2.29. The fourth-order valence-corrected chi connectivity index (χ4v) is 2.97. The molecule has 19 heavy (non-hydrogen) atoms. The van der Waals surface area contributed by atoms with Crippen LogP contribution in [0.1, 0.15) is 5.56 Å². The molecule has 0 unspecified atom stereocenters. The van der Waals surface area contributed by atoms with Gasteiger partial charge in [0.05, 0.1) is 6.54 Å². The van der Waals surface area contributed by atoms with Crippen molar-refractivity contribution in [3.8, 4) is 11.1 Å². The summed E-state index contributed by atoms with van der Waals surface area (Å²) in [5.74, 6) is 0. The molecule has 0 amide bonds. The van der Waals surface area contributed by atoms with Crippen LogP contribution in [0.2, 0.25) is 0 Å². The van der Waals surface area contributed by atoms with Gasteiger partial charge in [-0.2, -0.15) is 24.5 Å². The first-order valence-corrected chi connectivity index (χ1v) is 7.28. The summed E-state index contributed by atoms with van der Waals surface area (Å²) in [6.07, 6.45) is -4.17. The topological polar surface area (TPSA) is 12.0 Å². The van der Waals surface area contributed by atoms with E-state index >= 15 is 0 Å². The molecule has 0 aliphatic heterocycles. The van der Waals surface area contributed by atoms with E-state index < -0.39 is 12.7 Å². The van der Waals surface area contributed by atoms with Crippen molar-refractivity contribution in [2.75, 3.05) is 6.54 Å². The van der Waals surface area contributed by atoms with E-state index in [0.717, 1.165) is 21.2 Å². The molecule has 0 radical (unpaired) electrons. The largest absolute Gasteiger partial charge is 0.401 e. The Hall–Kier alpha value is -0.850. The van der Waals surface area contributed by atoms with Crippen molar-refractivity contribution in [3.05, 3.63) is 45.1 Å². The van der Waals surface area contributed by atoms with Gasteiger partial charge in [0.25, 0.3) is 0 Å². The Morgan fingerprint density at radius 1 is 1.21 bits per heavy atom. The second-order valence-electron chi connectivity index (χ2n) is 4.04. The minimum absolute atomic E-state index is 0.213. The SMILES string of the molecule is FC(F)(F)CNCc1cscc1-c1cccc(Br)c1. The first kappa shape index (κ1) is 14.6. The van der Waals surface area contributed by atoms with E-state index in [4.69, 9.17) is 0 Å². The minimum Gasteiger partial charge on any atom is -0.305 e. The second kappa shape index (κ2) is 6.07. The van der Waals surface area contributed by atoms with Crippen molar-refractivity contribution >= 4 is 27.3 Å². The normalized spacial score (nSPS) is 11.8. The molecule has 2 rings (SSSR count). The lowest BCUT2D eigenvalue weighted by Crippen LogP contribution is -2.28. The van der Waals surface area contributed by atoms with Crippen LogP contribution in [0.25, 0.3) is 11.1 Å². The molecule has 1 nitrogen and oxygen atoms in total. The van der Waals surface area contributed by atoms with Crippen molar-refractivity contribution in [2.45, 2.75) is 12.7 Å². The van der Waals surface area contributed by atoms with E-state index in [1.54, 1.807) is 0 Å². The lowest BCUT2D eigenvalue weighted by Gasteiger charge is -2.09. The Morgan fingerprint density at radius 3 is 2.68 bits per heavy atom. The van der Waals surface area contributed by atoms with Gasteiger partial charge in [-0.3, -0.25) is 0 Å². The number of alkyl halides is 3. The number of benzene rings is 1. The Bertz CT molecular complexity index is 551. The van der Waals surface area contributed by atoms with Gasteiger partial charge in [-0.05, 0) is 39.6 Å². The highest BCUT2D eigenvalue weighted by Gasteiger charge is 2.26. The summed E-state index contributed by atoms with van der Waals surface area (Å²) in [6, 6.07) is 7.72. The third-order valence-corrected chi connectivity index (χ3v) is 3.80. The highest BCUT2D eigenvalue weighted by molar-refractivity contribution is 9.10. The number of halogens is 4. The fourth-order valence-electron chi connectivity index (χ4n) is 1.71. The van der Waals surface area contributed by atoms with E-state index in [9.17, 15) is 13.2 Å². The van der Waals surface area contributed by atoms with E-state index in [1.165, 1.54) is 11.3 Å². The molecule has 0 fully saturated rings. The Labute approximate surface area is 121 Å². The summed E-state index contributed by atoms with van der Waals surface area (Å²) in [4.78, 5) is 0. The Morgan fingerprint density at radius 2 is 2.00 bits per heavy atom. The number of thiophene rings is 1. The minimum atomic E-state index is -4.17. The molecule has 0 aliphatic carbocycles. The van der Waals surface area contributed by atoms with Crippen LogP contribution < -0.4 is 5.32 Å². The van der Waals surface area contributed by atoms with Crippen LogP contribution >= 0.6 is 27.3 Å². The number of rotatable bonds is 4. The fraction of sp³-hybridized carbons (Fsp3) is 0.231. The van der Waals surface area contributed by atoms with Gasteiger partial charge in [-0.25, -0.2) is 0 Å². The zero-order valence-electron chi connectivity index (χ0n) is 9.80. The highest BCUT2D eigenvalue weighted by atomic mass is 79.9. The maximum absolute atomic E-state index is 12.1. The quantitative estimate of drug-likeness (QED) is 0.833. The van der Waals surface area contributed by atoms with Crippen molar-refractivity contribution in [2.24, 2.45) is 0 Å². The van der Waals surface area contributed by atoms with Crippen LogP contribution in [-0.2, 0) is 6.54 Å². The van der Waals surface area contributed by atoms with Gasteiger partial charge < -0.3 is 5.32 Å². The number of hydrogen-bond acceptors (Lipinski definition) is 2. The van der Waals surface area contributed by atoms with Crippen LogP contribution in [0, 0.1) is 0 Å². The Kier molecular flexibility index (Phi) is 4.65. The summed E-state index contributed by atoms with van der Waals surface area (Å²) in [7, 11) is 0. The van der Waals surface area contributed by atoms with E-state index in [1.807, 2.05) is 35.0 Å². The standard InChI is InChI=1S/C13H11BrF3NS/c14-11-3-1-2-9(4-11)12-7-19-6-10(12)5-18-8-13(15,16)17/h1-4,6-7,18H,5,8H2. The summed E-state index contributed by atoms with van der Waals surface area (Å²) in [5, 5.41) is 6.25. The molecule has 0 spiro atoms. The summed E-state index contributed by atoms with van der Waals surface area (Å²) < 4.78 is 37.2. The maximum Gasteiger partial charge on any atom is 0.401 e. The third kappa shape index (κ3) is 4.33. The zero-order chi connectivity index (χ0) is 13.9. The zero-order valence-corrected chi connectivity index (χ0v) is 12.2. The van der Waals surface area contributed by atoms with E-state index in [2.05, 4.69) is 21.2 Å². The maximum atomic E-state index is 12.1. The van der Waals surface area contributed by atoms with Gasteiger partial charge in [-0.15, -0.1) is 0 Å². The monoisotopic (exact) mass is 349 g/mol. The molecular formula is C13H11BrF3NS. The molecule has 0 saturated carbocycles. The first-order chi connectivity index (χ1) is 8.96. The van der Waals surface area contributed by atoms with Crippen LogP contribution in [0.5, 0.6) is 0 Å². The summed E-state index contributed by atoms with van der Waals surface area (Å²) >= 11 is 4.88. The van der Waals surface area contributed by atoms with Crippen LogP contribution in [0.3, 0.4) is 0 Å². The molecule has 0 aliphatic rings. The number of nitrogens with one attached hydrogen (secondary N) is 1. The van der Waals surface area contributed by atoms with Crippen LogP contribution in [0.15, 0.2) is 39.5 Å². The molecule has 0 bridgehead atoms. The average Bonchev–Trinajstić information content (AvgIpc) is 2.75. The third-order valence-electron chi connectivity index (χ3n) is 2.52. The van der Waals surface area contributed by atoms with Gasteiger partial charge >= 0.3 is 6.18 Å². The Balaban J connectivity index is 2.10. The molecule has 1 aromatic heterocycles. The second-order valence-corrected chi connectivity index (χ2v) is 5.70. The molecule has 1 N–H and O–H groups in total. The lowest BCUT2D eigenvalue weighted by molar-refractivity contribution is -0.125. The number of hydrogen-bond donors (Lipinski definition) is 1. The molecule has 1 aromatic carbocycles. The van der Waals surface area contributed by atoms with E-state index in [0.29, 0.717) is 0 Å². The van der Waals surface area contributed by atoms with Crippen LogP contribution in [-0.4, -0.2) is 12.7 Å². The van der Waals surface area contributed by atoms with E-state index in [-0.39, 0.29) is 6.54 Å². The van der Waals surface area contributed by atoms with Gasteiger partial charge in [0.1, 0.15) is 0 Å². The molecular weight excluding hydrogens is 339 g/mol. The summed E-state index contributed by atoms with van der Waals surface area (Å²) in [5.41, 5.74) is 2.85. The molecule has 0 atom stereocenters. The van der Waals surface area contributed by atoms with Crippen LogP contribution in [0.4, 0.5) is 13.2 Å². The van der Waals surface area contributed by atoms with Crippen molar-refractivity contribution < 1.29 is 13.2 Å². The van der Waals surface area contributed by atoms with Crippen molar-refractivity contribution in [1.29, 1.82) is 0 Å². The van der Waals surface area contributed by atoms with Gasteiger partial charge in [0, 0.05) is 11.0 Å². The molecule has 0 saturated heterocycles. The predicted octanol–water partition coefficient (Wildman–Crippen LogP) is 4.83. The molecule has 102 valence electrons. The first-order valence-electron chi connectivity index (χ1n) is 5.54. The van der Waals surface area contributed by atoms with Gasteiger partial charge in [0.15, 0.2) is 0 Å². The smallest absolute Gasteiger partial charge is 0.305 e. The lowest BCUT2D eigenvalue weighted by atomic mass is 10.1. The van der Waals surface area contributed by atoms with Crippen molar-refractivity contribution in [1.82, 2.24) is 5.32 Å². The average molecular weight is 350 g/mol.